The first-order chi connectivity index (χ1) is 6.98. The molecule has 2 heterocycles. The molecule has 80 valence electrons. The third kappa shape index (κ3) is 0.871. The van der Waals surface area contributed by atoms with E-state index >= 15 is 0 Å². The maximum absolute atomic E-state index is 12.0. The van der Waals surface area contributed by atoms with E-state index in [1.807, 2.05) is 6.92 Å². The smallest absolute Gasteiger partial charge is 0.162 e. The molecule has 3 rings (SSSR count). The van der Waals surface area contributed by atoms with Crippen molar-refractivity contribution in [1.82, 2.24) is 0 Å². The van der Waals surface area contributed by atoms with Crippen LogP contribution in [0.2, 0.25) is 0 Å². The lowest BCUT2D eigenvalue weighted by Crippen LogP contribution is -2.49. The van der Waals surface area contributed by atoms with Gasteiger partial charge in [0.15, 0.2) is 5.78 Å². The first-order valence-corrected chi connectivity index (χ1v) is 5.60. The summed E-state index contributed by atoms with van der Waals surface area (Å²) in [5, 5.41) is 0. The molecule has 0 radical (unpaired) electrons. The monoisotopic (exact) mass is 204 g/mol. The third-order valence-electron chi connectivity index (χ3n) is 4.27. The van der Waals surface area contributed by atoms with Gasteiger partial charge in [-0.05, 0) is 25.0 Å². The van der Waals surface area contributed by atoms with E-state index in [-0.39, 0.29) is 11.5 Å². The van der Waals surface area contributed by atoms with E-state index in [1.165, 1.54) is 0 Å². The zero-order valence-corrected chi connectivity index (χ0v) is 9.46. The zero-order valence-electron chi connectivity index (χ0n) is 9.46. The van der Waals surface area contributed by atoms with E-state index in [4.69, 9.17) is 4.74 Å². The van der Waals surface area contributed by atoms with Gasteiger partial charge in [-0.2, -0.15) is 0 Å². The Morgan fingerprint density at radius 3 is 2.87 bits per heavy atom. The van der Waals surface area contributed by atoms with Gasteiger partial charge in [-0.15, -0.1) is 0 Å². The fourth-order valence-corrected chi connectivity index (χ4v) is 3.20. The second kappa shape index (κ2) is 2.43. The normalized spacial score (nSPS) is 41.3. The molecule has 1 spiro atoms. The minimum atomic E-state index is -0.406. The van der Waals surface area contributed by atoms with Crippen molar-refractivity contribution in [2.24, 2.45) is 5.41 Å². The van der Waals surface area contributed by atoms with Crippen molar-refractivity contribution in [2.75, 3.05) is 0 Å². The molecular weight excluding hydrogens is 188 g/mol. The van der Waals surface area contributed by atoms with Crippen molar-refractivity contribution in [2.45, 2.75) is 45.3 Å². The summed E-state index contributed by atoms with van der Waals surface area (Å²) in [6.07, 6.45) is 5.85. The van der Waals surface area contributed by atoms with Gasteiger partial charge in [0.2, 0.25) is 0 Å². The van der Waals surface area contributed by atoms with Gasteiger partial charge in [0.1, 0.15) is 5.60 Å². The molecule has 0 N–H and O–H groups in total. The zero-order chi connectivity index (χ0) is 10.8. The number of ketones is 1. The van der Waals surface area contributed by atoms with E-state index in [0.29, 0.717) is 12.2 Å². The van der Waals surface area contributed by atoms with E-state index in [9.17, 15) is 4.79 Å². The number of fused-ring (bicyclic) bond motifs is 1. The second-order valence-electron chi connectivity index (χ2n) is 5.50. The number of carbonyl (C=O) groups is 1. The van der Waals surface area contributed by atoms with Crippen molar-refractivity contribution < 1.29 is 9.53 Å². The van der Waals surface area contributed by atoms with Gasteiger partial charge >= 0.3 is 0 Å². The summed E-state index contributed by atoms with van der Waals surface area (Å²) in [7, 11) is 0. The van der Waals surface area contributed by atoms with Crippen LogP contribution in [-0.4, -0.2) is 17.5 Å². The van der Waals surface area contributed by atoms with Crippen molar-refractivity contribution >= 4 is 5.78 Å². The minimum Gasteiger partial charge on any atom is -0.354 e. The molecule has 0 unspecified atom stereocenters. The number of ether oxygens (including phenoxy) is 1. The molecule has 0 aromatic rings. The number of Topliss-reactive ketones (excluding diaryl/α,β-unsaturated/α-hetero) is 1. The highest BCUT2D eigenvalue weighted by Gasteiger charge is 2.59. The van der Waals surface area contributed by atoms with E-state index in [1.54, 1.807) is 0 Å². The molecule has 1 fully saturated rings. The van der Waals surface area contributed by atoms with Crippen LogP contribution in [0.4, 0.5) is 0 Å². The van der Waals surface area contributed by atoms with Gasteiger partial charge in [-0.25, -0.2) is 0 Å². The Labute approximate surface area is 90.0 Å². The summed E-state index contributed by atoms with van der Waals surface area (Å²) in [6.45, 7) is 6.43. The highest BCUT2D eigenvalue weighted by atomic mass is 16.5. The maximum Gasteiger partial charge on any atom is 0.162 e. The second-order valence-corrected chi connectivity index (χ2v) is 5.50. The van der Waals surface area contributed by atoms with E-state index in [2.05, 4.69) is 26.0 Å². The van der Waals surface area contributed by atoms with Crippen LogP contribution in [-0.2, 0) is 9.53 Å². The molecule has 15 heavy (non-hydrogen) atoms. The molecule has 3 aliphatic rings. The molecule has 0 amide bonds. The Bertz CT molecular complexity index is 414. The minimum absolute atomic E-state index is 0.0409. The molecule has 0 aromatic heterocycles. The molecule has 2 nitrogen and oxygen atoms in total. The highest BCUT2D eigenvalue weighted by molar-refractivity contribution is 6.01. The Morgan fingerprint density at radius 2 is 2.20 bits per heavy atom. The molecule has 0 saturated heterocycles. The predicted molar refractivity (Wildman–Crippen MR) is 57.5 cm³/mol. The van der Waals surface area contributed by atoms with Crippen LogP contribution >= 0.6 is 0 Å². The molecule has 2 bridgehead atoms. The Morgan fingerprint density at radius 1 is 1.47 bits per heavy atom. The molecule has 2 aliphatic heterocycles. The summed E-state index contributed by atoms with van der Waals surface area (Å²) in [4.78, 5) is 12.0. The van der Waals surface area contributed by atoms with Gasteiger partial charge in [-0.1, -0.05) is 19.9 Å². The Kier molecular flexibility index (Phi) is 1.52. The molecule has 0 aromatic carbocycles. The summed E-state index contributed by atoms with van der Waals surface area (Å²) in [5.41, 5.74) is 1.72. The van der Waals surface area contributed by atoms with Gasteiger partial charge < -0.3 is 4.74 Å². The molecular formula is C13H16O2. The number of hydrogen-bond donors (Lipinski definition) is 0. The molecule has 1 aliphatic carbocycles. The van der Waals surface area contributed by atoms with E-state index < -0.39 is 5.60 Å². The summed E-state index contributed by atoms with van der Waals surface area (Å²) in [6, 6.07) is 0. The maximum atomic E-state index is 12.0. The number of carbonyl (C=O) groups excluding carboxylic acids is 1. The van der Waals surface area contributed by atoms with Crippen molar-refractivity contribution in [3.05, 3.63) is 23.3 Å². The lowest BCUT2D eigenvalue weighted by atomic mass is 9.61. The molecule has 2 heteroatoms. The van der Waals surface area contributed by atoms with Crippen LogP contribution in [0, 0.1) is 5.41 Å². The molecule has 1 saturated carbocycles. The number of hydrogen-bond acceptors (Lipinski definition) is 2. The lowest BCUT2D eigenvalue weighted by molar-refractivity contribution is -0.125. The quantitative estimate of drug-likeness (QED) is 0.566. The van der Waals surface area contributed by atoms with Crippen molar-refractivity contribution in [3.63, 3.8) is 0 Å². The molecule has 2 atom stereocenters. The highest BCUT2D eigenvalue weighted by Crippen LogP contribution is 2.57. The lowest BCUT2D eigenvalue weighted by Gasteiger charge is -2.45. The van der Waals surface area contributed by atoms with Gasteiger partial charge in [-0.3, -0.25) is 4.79 Å². The Hall–Kier alpha value is -0.890. The fraction of sp³-hybridized carbons (Fsp3) is 0.615. The number of rotatable bonds is 0. The third-order valence-corrected chi connectivity index (χ3v) is 4.27. The van der Waals surface area contributed by atoms with Crippen LogP contribution in [0.15, 0.2) is 23.3 Å². The van der Waals surface area contributed by atoms with Gasteiger partial charge in [0, 0.05) is 17.4 Å². The van der Waals surface area contributed by atoms with Crippen LogP contribution in [0.5, 0.6) is 0 Å². The standard InChI is InChI=1S/C13H16O2/c1-8-10-5-7-13(15-10)11(8)9(14)4-6-12(13,2)3/h5,7,10H,4,6H2,1-3H3/t10-,13+/m0/s1. The van der Waals surface area contributed by atoms with Gasteiger partial charge in [0.05, 0.1) is 6.10 Å². The largest absolute Gasteiger partial charge is 0.354 e. The SMILES string of the molecule is CC1=C2C(=O)CCC(C)(C)[C@@]23C=C[C@@H]1O3. The van der Waals surface area contributed by atoms with Crippen LogP contribution in [0.3, 0.4) is 0 Å². The van der Waals surface area contributed by atoms with Crippen LogP contribution < -0.4 is 0 Å². The predicted octanol–water partition coefficient (Wildman–Crippen LogP) is 2.40. The first kappa shape index (κ1) is 9.34. The Balaban J connectivity index is 2.23. The van der Waals surface area contributed by atoms with Crippen LogP contribution in [0.1, 0.15) is 33.6 Å². The average Bonchev–Trinajstić information content (AvgIpc) is 2.70. The van der Waals surface area contributed by atoms with Crippen LogP contribution in [0.25, 0.3) is 0 Å². The summed E-state index contributed by atoms with van der Waals surface area (Å²) >= 11 is 0. The topological polar surface area (TPSA) is 26.3 Å². The van der Waals surface area contributed by atoms with Gasteiger partial charge in [0.25, 0.3) is 0 Å². The fourth-order valence-electron chi connectivity index (χ4n) is 3.20. The van der Waals surface area contributed by atoms with E-state index in [0.717, 1.165) is 17.6 Å². The van der Waals surface area contributed by atoms with Crippen molar-refractivity contribution in [3.8, 4) is 0 Å². The van der Waals surface area contributed by atoms with Crippen molar-refractivity contribution in [1.29, 1.82) is 0 Å². The summed E-state index contributed by atoms with van der Waals surface area (Å²) in [5.74, 6) is 0.290. The summed E-state index contributed by atoms with van der Waals surface area (Å²) < 4.78 is 6.06. The average molecular weight is 204 g/mol. The first-order valence-electron chi connectivity index (χ1n) is 5.60.